The highest BCUT2D eigenvalue weighted by Crippen LogP contribution is 2.39. The topological polar surface area (TPSA) is 84.6 Å². The van der Waals surface area contributed by atoms with Crippen molar-refractivity contribution in [2.75, 3.05) is 5.32 Å². The van der Waals surface area contributed by atoms with Crippen molar-refractivity contribution in [2.24, 2.45) is 5.73 Å². The first kappa shape index (κ1) is 17.1. The van der Waals surface area contributed by atoms with Crippen molar-refractivity contribution >= 4 is 11.6 Å². The second-order valence-electron chi connectivity index (χ2n) is 4.51. The minimum atomic E-state index is -4.78. The molecule has 1 amide bonds. The van der Waals surface area contributed by atoms with Gasteiger partial charge >= 0.3 is 6.18 Å². The van der Waals surface area contributed by atoms with E-state index in [-0.39, 0.29) is 17.3 Å². The number of nitrogens with two attached hydrogens (primary N) is 1. The summed E-state index contributed by atoms with van der Waals surface area (Å²) in [5.74, 6) is -1.79. The number of amides is 1. The van der Waals surface area contributed by atoms with Crippen molar-refractivity contribution in [3.05, 3.63) is 23.3 Å². The number of hydrogen-bond donors (Lipinski definition) is 3. The first-order valence-electron chi connectivity index (χ1n) is 6.37. The molecule has 118 valence electrons. The predicted octanol–water partition coefficient (Wildman–Crippen LogP) is 3.26. The lowest BCUT2D eigenvalue weighted by atomic mass is 10.0. The summed E-state index contributed by atoms with van der Waals surface area (Å²) in [5, 5.41) is 11.6. The molecule has 0 fully saturated rings. The number of hydrogen-bond acceptors (Lipinski definition) is 4. The number of alkyl halides is 3. The van der Waals surface area contributed by atoms with Crippen LogP contribution in [0.25, 0.3) is 0 Å². The van der Waals surface area contributed by atoms with Crippen molar-refractivity contribution in [2.45, 2.75) is 38.9 Å². The van der Waals surface area contributed by atoms with Crippen molar-refractivity contribution in [3.63, 3.8) is 0 Å². The van der Waals surface area contributed by atoms with Crippen molar-refractivity contribution < 1.29 is 28.1 Å². The summed E-state index contributed by atoms with van der Waals surface area (Å²) in [6.07, 6.45) is -3.38. The quantitative estimate of drug-likeness (QED) is 0.556. The first-order valence-corrected chi connectivity index (χ1v) is 6.37. The SMILES string of the molecule is CCC(CC)Nc1cc(OO)c(C(F)(F)F)cc1C(N)=O. The van der Waals surface area contributed by atoms with Crippen molar-refractivity contribution in [1.29, 1.82) is 0 Å². The molecule has 1 aromatic carbocycles. The second kappa shape index (κ2) is 6.66. The molecule has 21 heavy (non-hydrogen) atoms. The zero-order valence-corrected chi connectivity index (χ0v) is 11.6. The van der Waals surface area contributed by atoms with E-state index in [1.165, 1.54) is 0 Å². The Kier molecular flexibility index (Phi) is 5.42. The van der Waals surface area contributed by atoms with Gasteiger partial charge < -0.3 is 15.9 Å². The number of primary amides is 1. The van der Waals surface area contributed by atoms with Crippen LogP contribution in [-0.2, 0) is 6.18 Å². The van der Waals surface area contributed by atoms with E-state index >= 15 is 0 Å². The fourth-order valence-corrected chi connectivity index (χ4v) is 1.91. The summed E-state index contributed by atoms with van der Waals surface area (Å²) in [6.45, 7) is 3.78. The third-order valence-electron chi connectivity index (χ3n) is 3.13. The molecule has 0 aliphatic heterocycles. The molecule has 0 saturated carbocycles. The predicted molar refractivity (Wildman–Crippen MR) is 71.2 cm³/mol. The highest BCUT2D eigenvalue weighted by atomic mass is 19.4. The lowest BCUT2D eigenvalue weighted by Crippen LogP contribution is -2.22. The third kappa shape index (κ3) is 4.01. The summed E-state index contributed by atoms with van der Waals surface area (Å²) in [4.78, 5) is 15.2. The van der Waals surface area contributed by atoms with Crippen LogP contribution in [0.3, 0.4) is 0 Å². The lowest BCUT2D eigenvalue weighted by molar-refractivity contribution is -0.162. The van der Waals surface area contributed by atoms with E-state index in [1.807, 2.05) is 13.8 Å². The Morgan fingerprint density at radius 3 is 2.33 bits per heavy atom. The molecular weight excluding hydrogens is 289 g/mol. The molecule has 0 heterocycles. The largest absolute Gasteiger partial charge is 0.420 e. The van der Waals surface area contributed by atoms with Gasteiger partial charge in [0.05, 0.1) is 11.3 Å². The Labute approximate surface area is 119 Å². The van der Waals surface area contributed by atoms with Crippen LogP contribution in [0.2, 0.25) is 0 Å². The number of anilines is 1. The van der Waals surface area contributed by atoms with Crippen LogP contribution in [0.1, 0.15) is 42.6 Å². The van der Waals surface area contributed by atoms with E-state index in [2.05, 4.69) is 10.2 Å². The lowest BCUT2D eigenvalue weighted by Gasteiger charge is -2.20. The number of nitrogens with one attached hydrogen (secondary N) is 1. The van der Waals surface area contributed by atoms with Gasteiger partial charge in [-0.25, -0.2) is 5.26 Å². The van der Waals surface area contributed by atoms with Crippen LogP contribution in [0.4, 0.5) is 18.9 Å². The second-order valence-corrected chi connectivity index (χ2v) is 4.51. The average Bonchev–Trinajstić information content (AvgIpc) is 2.42. The van der Waals surface area contributed by atoms with Gasteiger partial charge in [-0.1, -0.05) is 13.8 Å². The zero-order chi connectivity index (χ0) is 16.2. The fourth-order valence-electron chi connectivity index (χ4n) is 1.91. The Balaban J connectivity index is 3.40. The van der Waals surface area contributed by atoms with Gasteiger partial charge in [0.1, 0.15) is 5.56 Å². The fraction of sp³-hybridized carbons (Fsp3) is 0.462. The summed E-state index contributed by atoms with van der Waals surface area (Å²) < 4.78 is 38.5. The molecule has 0 bridgehead atoms. The van der Waals surface area contributed by atoms with Gasteiger partial charge in [0, 0.05) is 12.1 Å². The smallest absolute Gasteiger partial charge is 0.382 e. The standard InChI is InChI=1S/C13H17F3N2O3/c1-3-7(4-2)18-10-6-11(21-20)9(13(14,15)16)5-8(10)12(17)19/h5-7,18,20H,3-4H2,1-2H3,(H2,17,19). The van der Waals surface area contributed by atoms with E-state index in [0.29, 0.717) is 18.9 Å². The molecule has 0 spiro atoms. The molecule has 8 heteroatoms. The van der Waals surface area contributed by atoms with Gasteiger partial charge in [-0.2, -0.15) is 13.2 Å². The Hall–Kier alpha value is -1.96. The maximum atomic E-state index is 12.8. The summed E-state index contributed by atoms with van der Waals surface area (Å²) in [6, 6.07) is 1.44. The molecule has 0 aliphatic carbocycles. The van der Waals surface area contributed by atoms with Crippen molar-refractivity contribution in [1.82, 2.24) is 0 Å². The summed E-state index contributed by atoms with van der Waals surface area (Å²) in [7, 11) is 0. The Morgan fingerprint density at radius 2 is 1.95 bits per heavy atom. The molecule has 1 aromatic rings. The minimum absolute atomic E-state index is 0.0496. The van der Waals surface area contributed by atoms with E-state index in [0.717, 1.165) is 6.07 Å². The molecule has 5 nitrogen and oxygen atoms in total. The molecule has 1 rings (SSSR count). The summed E-state index contributed by atoms with van der Waals surface area (Å²) in [5.41, 5.74) is 3.64. The van der Waals surface area contributed by atoms with E-state index < -0.39 is 23.4 Å². The molecule has 0 radical (unpaired) electrons. The van der Waals surface area contributed by atoms with Crippen LogP contribution in [-0.4, -0.2) is 17.2 Å². The van der Waals surface area contributed by atoms with Crippen LogP contribution in [0.5, 0.6) is 5.75 Å². The average molecular weight is 306 g/mol. The molecule has 0 unspecified atom stereocenters. The number of halogens is 3. The number of rotatable bonds is 6. The van der Waals surface area contributed by atoms with Crippen LogP contribution < -0.4 is 15.9 Å². The third-order valence-corrected chi connectivity index (χ3v) is 3.13. The molecule has 0 aliphatic rings. The normalized spacial score (nSPS) is 11.6. The van der Waals surface area contributed by atoms with Gasteiger partial charge in [0.25, 0.3) is 5.91 Å². The number of carbonyl (C=O) groups excluding carboxylic acids is 1. The highest BCUT2D eigenvalue weighted by molar-refractivity contribution is 5.99. The number of benzene rings is 1. The van der Waals surface area contributed by atoms with Crippen LogP contribution in [0.15, 0.2) is 12.1 Å². The van der Waals surface area contributed by atoms with Gasteiger partial charge in [-0.05, 0) is 18.9 Å². The highest BCUT2D eigenvalue weighted by Gasteiger charge is 2.36. The maximum Gasteiger partial charge on any atom is 0.420 e. The molecule has 0 saturated heterocycles. The summed E-state index contributed by atoms with van der Waals surface area (Å²) >= 11 is 0. The van der Waals surface area contributed by atoms with Gasteiger partial charge in [-0.15, -0.1) is 0 Å². The maximum absolute atomic E-state index is 12.8. The first-order chi connectivity index (χ1) is 9.74. The molecular formula is C13H17F3N2O3. The molecule has 0 atom stereocenters. The van der Waals surface area contributed by atoms with Gasteiger partial charge in [-0.3, -0.25) is 4.79 Å². The van der Waals surface area contributed by atoms with E-state index in [4.69, 9.17) is 11.0 Å². The Morgan fingerprint density at radius 1 is 1.38 bits per heavy atom. The van der Waals surface area contributed by atoms with Gasteiger partial charge in [0.2, 0.25) is 0 Å². The zero-order valence-electron chi connectivity index (χ0n) is 11.6. The molecule has 0 aromatic heterocycles. The van der Waals surface area contributed by atoms with E-state index in [9.17, 15) is 18.0 Å². The monoisotopic (exact) mass is 306 g/mol. The van der Waals surface area contributed by atoms with Crippen molar-refractivity contribution in [3.8, 4) is 5.75 Å². The Bertz CT molecular complexity index is 514. The van der Waals surface area contributed by atoms with Crippen LogP contribution >= 0.6 is 0 Å². The molecule has 4 N–H and O–H groups in total. The van der Waals surface area contributed by atoms with E-state index in [1.54, 1.807) is 0 Å². The number of carbonyl (C=O) groups is 1. The minimum Gasteiger partial charge on any atom is -0.382 e. The van der Waals surface area contributed by atoms with Gasteiger partial charge in [0.15, 0.2) is 5.75 Å². The van der Waals surface area contributed by atoms with Crippen LogP contribution in [0, 0.1) is 0 Å².